The van der Waals surface area contributed by atoms with Crippen molar-refractivity contribution in [2.75, 3.05) is 45.7 Å². The molecule has 1 N–H and O–H groups in total. The number of likely N-dealkylation sites (N-methyl/N-ethyl adjacent to an activating group) is 1. The number of rotatable bonds is 6. The first-order chi connectivity index (χ1) is 16.7. The van der Waals surface area contributed by atoms with Crippen LogP contribution in [-0.4, -0.2) is 55.1 Å². The van der Waals surface area contributed by atoms with Crippen molar-refractivity contribution in [1.82, 2.24) is 14.8 Å². The van der Waals surface area contributed by atoms with Gasteiger partial charge in [0.05, 0.1) is 24.0 Å². The summed E-state index contributed by atoms with van der Waals surface area (Å²) >= 11 is 0. The van der Waals surface area contributed by atoms with E-state index in [1.807, 2.05) is 18.2 Å². The molecule has 34 heavy (non-hydrogen) atoms. The maximum Gasteiger partial charge on any atom is 0.118 e. The minimum Gasteiger partial charge on any atom is -0.497 e. The Morgan fingerprint density at radius 2 is 1.74 bits per heavy atom. The van der Waals surface area contributed by atoms with E-state index in [-0.39, 0.29) is 0 Å². The third-order valence-corrected chi connectivity index (χ3v) is 6.53. The number of nitrogens with one attached hydrogen (secondary N) is 1. The molecule has 1 fully saturated rings. The highest BCUT2D eigenvalue weighted by molar-refractivity contribution is 5.95. The van der Waals surface area contributed by atoms with E-state index in [9.17, 15) is 0 Å². The molecule has 1 aromatic heterocycles. The average molecular weight is 453 g/mol. The molecule has 2 heterocycles. The fourth-order valence-electron chi connectivity index (χ4n) is 4.61. The van der Waals surface area contributed by atoms with Crippen LogP contribution in [0.3, 0.4) is 0 Å². The predicted molar refractivity (Wildman–Crippen MR) is 141 cm³/mol. The summed E-state index contributed by atoms with van der Waals surface area (Å²) in [6, 6.07) is 27.3. The molecule has 0 saturated carbocycles. The zero-order valence-corrected chi connectivity index (χ0v) is 20.0. The Morgan fingerprint density at radius 3 is 2.59 bits per heavy atom. The molecule has 0 aliphatic carbocycles. The second kappa shape index (κ2) is 10.2. The van der Waals surface area contributed by atoms with Gasteiger partial charge in [0.25, 0.3) is 0 Å². The van der Waals surface area contributed by atoms with Crippen LogP contribution in [0.5, 0.6) is 5.75 Å². The molecule has 5 heteroatoms. The van der Waals surface area contributed by atoms with Crippen LogP contribution in [0, 0.1) is 0 Å². The van der Waals surface area contributed by atoms with Gasteiger partial charge in [0, 0.05) is 36.3 Å². The molecular formula is C29H32N4O. The number of hydrogen-bond donors (Lipinski definition) is 1. The van der Waals surface area contributed by atoms with Crippen LogP contribution in [0.4, 0.5) is 11.4 Å². The van der Waals surface area contributed by atoms with Gasteiger partial charge >= 0.3 is 0 Å². The fourth-order valence-corrected chi connectivity index (χ4v) is 4.61. The predicted octanol–water partition coefficient (Wildman–Crippen LogP) is 5.79. The number of ether oxygens (including phenoxy) is 1. The summed E-state index contributed by atoms with van der Waals surface area (Å²) in [5.41, 5.74) is 6.47. The minimum atomic E-state index is 0.843. The van der Waals surface area contributed by atoms with Crippen molar-refractivity contribution in [2.24, 2.45) is 0 Å². The molecule has 174 valence electrons. The Morgan fingerprint density at radius 1 is 0.882 bits per heavy atom. The molecule has 3 aromatic carbocycles. The van der Waals surface area contributed by atoms with E-state index in [1.54, 1.807) is 7.11 Å². The molecule has 0 bridgehead atoms. The highest BCUT2D eigenvalue weighted by atomic mass is 16.5. The van der Waals surface area contributed by atoms with Crippen LogP contribution in [-0.2, 0) is 6.54 Å². The lowest BCUT2D eigenvalue weighted by Gasteiger charge is -2.20. The van der Waals surface area contributed by atoms with Gasteiger partial charge in [0.2, 0.25) is 0 Å². The third-order valence-electron chi connectivity index (χ3n) is 6.53. The summed E-state index contributed by atoms with van der Waals surface area (Å²) in [5.74, 6) is 0.843. The maximum absolute atomic E-state index is 5.32. The van der Waals surface area contributed by atoms with Crippen LogP contribution < -0.4 is 10.1 Å². The lowest BCUT2D eigenvalue weighted by molar-refractivity contribution is 0.269. The molecule has 0 spiro atoms. The van der Waals surface area contributed by atoms with E-state index in [4.69, 9.17) is 9.72 Å². The van der Waals surface area contributed by atoms with Crippen molar-refractivity contribution < 1.29 is 4.74 Å². The Balaban J connectivity index is 1.42. The van der Waals surface area contributed by atoms with E-state index in [0.717, 1.165) is 65.5 Å². The van der Waals surface area contributed by atoms with Crippen molar-refractivity contribution in [1.29, 1.82) is 0 Å². The number of pyridine rings is 1. The van der Waals surface area contributed by atoms with E-state index in [1.165, 1.54) is 18.5 Å². The highest BCUT2D eigenvalue weighted by Crippen LogP contribution is 2.31. The number of fused-ring (bicyclic) bond motifs is 1. The van der Waals surface area contributed by atoms with Gasteiger partial charge in [-0.25, -0.2) is 4.98 Å². The second-order valence-electron chi connectivity index (χ2n) is 9.06. The van der Waals surface area contributed by atoms with Crippen molar-refractivity contribution in [2.45, 2.75) is 13.0 Å². The van der Waals surface area contributed by atoms with Crippen molar-refractivity contribution in [3.8, 4) is 17.0 Å². The monoisotopic (exact) mass is 452 g/mol. The summed E-state index contributed by atoms with van der Waals surface area (Å²) in [6.07, 6.45) is 1.23. The summed E-state index contributed by atoms with van der Waals surface area (Å²) in [6.45, 7) is 5.58. The first kappa shape index (κ1) is 22.4. The molecule has 5 rings (SSSR count). The van der Waals surface area contributed by atoms with Crippen LogP contribution >= 0.6 is 0 Å². The van der Waals surface area contributed by atoms with Gasteiger partial charge < -0.3 is 15.0 Å². The zero-order valence-electron chi connectivity index (χ0n) is 20.0. The van der Waals surface area contributed by atoms with E-state index < -0.39 is 0 Å². The second-order valence-corrected chi connectivity index (χ2v) is 9.06. The minimum absolute atomic E-state index is 0.843. The molecule has 1 aliphatic rings. The Kier molecular flexibility index (Phi) is 6.74. The topological polar surface area (TPSA) is 40.6 Å². The normalized spacial score (nSPS) is 15.2. The summed E-state index contributed by atoms with van der Waals surface area (Å²) in [7, 11) is 3.90. The molecule has 0 radical (unpaired) electrons. The number of benzene rings is 3. The molecule has 5 nitrogen and oxygen atoms in total. The fraction of sp³-hybridized carbons (Fsp3) is 0.276. The van der Waals surface area contributed by atoms with Gasteiger partial charge in [0.1, 0.15) is 5.75 Å². The Bertz CT molecular complexity index is 1250. The molecule has 1 saturated heterocycles. The summed E-state index contributed by atoms with van der Waals surface area (Å²) in [5, 5.41) is 4.80. The SMILES string of the molecule is COc1ccc(-c2cc(Nc3cccc(CN4CCCN(C)CC4)c3)c3ccccc3n2)cc1. The van der Waals surface area contributed by atoms with Gasteiger partial charge in [-0.1, -0.05) is 30.3 Å². The number of nitrogens with zero attached hydrogens (tertiary/aromatic N) is 3. The number of anilines is 2. The lowest BCUT2D eigenvalue weighted by atomic mass is 10.1. The van der Waals surface area contributed by atoms with Crippen LogP contribution in [0.2, 0.25) is 0 Å². The molecule has 0 atom stereocenters. The lowest BCUT2D eigenvalue weighted by Crippen LogP contribution is -2.28. The zero-order chi connectivity index (χ0) is 23.3. The van der Waals surface area contributed by atoms with E-state index in [2.05, 4.69) is 82.8 Å². The molecular weight excluding hydrogens is 420 g/mol. The smallest absolute Gasteiger partial charge is 0.118 e. The Labute approximate surface area is 202 Å². The molecule has 0 unspecified atom stereocenters. The van der Waals surface area contributed by atoms with Crippen LogP contribution in [0.1, 0.15) is 12.0 Å². The first-order valence-corrected chi connectivity index (χ1v) is 12.0. The van der Waals surface area contributed by atoms with Crippen molar-refractivity contribution >= 4 is 22.3 Å². The summed E-state index contributed by atoms with van der Waals surface area (Å²) in [4.78, 5) is 9.91. The third kappa shape index (κ3) is 5.22. The van der Waals surface area contributed by atoms with Crippen molar-refractivity contribution in [3.63, 3.8) is 0 Å². The molecule has 4 aromatic rings. The number of hydrogen-bond acceptors (Lipinski definition) is 5. The maximum atomic E-state index is 5.32. The number of methoxy groups -OCH3 is 1. The van der Waals surface area contributed by atoms with E-state index in [0.29, 0.717) is 0 Å². The Hall–Kier alpha value is -3.41. The quantitative estimate of drug-likeness (QED) is 0.401. The summed E-state index contributed by atoms with van der Waals surface area (Å²) < 4.78 is 5.32. The van der Waals surface area contributed by atoms with Gasteiger partial charge in [-0.2, -0.15) is 0 Å². The largest absolute Gasteiger partial charge is 0.497 e. The van der Waals surface area contributed by atoms with Crippen LogP contribution in [0.25, 0.3) is 22.2 Å². The molecule has 0 amide bonds. The average Bonchev–Trinajstić information content (AvgIpc) is 3.08. The number of para-hydroxylation sites is 1. The molecule has 1 aliphatic heterocycles. The highest BCUT2D eigenvalue weighted by Gasteiger charge is 2.13. The van der Waals surface area contributed by atoms with Crippen LogP contribution in [0.15, 0.2) is 78.9 Å². The van der Waals surface area contributed by atoms with Gasteiger partial charge in [-0.3, -0.25) is 4.90 Å². The van der Waals surface area contributed by atoms with Crippen molar-refractivity contribution in [3.05, 3.63) is 84.4 Å². The van der Waals surface area contributed by atoms with Gasteiger partial charge in [-0.05, 0) is 80.7 Å². The first-order valence-electron chi connectivity index (χ1n) is 12.0. The standard InChI is InChI=1S/C29H32N4O/c1-32-15-6-16-33(18-17-32)21-22-7-5-8-24(19-22)30-29-20-28(23-11-13-25(34-2)14-12-23)31-27-10-4-3-9-26(27)29/h3-5,7-14,19-20H,6,15-18,21H2,1-2H3,(H,30,31). The number of aromatic nitrogens is 1. The van der Waals surface area contributed by atoms with E-state index >= 15 is 0 Å². The van der Waals surface area contributed by atoms with Gasteiger partial charge in [0.15, 0.2) is 0 Å². The van der Waals surface area contributed by atoms with Gasteiger partial charge in [-0.15, -0.1) is 0 Å².